The average Bonchev–Trinajstić information content (AvgIpc) is 3.19. The Morgan fingerprint density at radius 2 is 2.04 bits per heavy atom. The molecule has 0 bridgehead atoms. The summed E-state index contributed by atoms with van der Waals surface area (Å²) in [7, 11) is 0. The number of rotatable bonds is 8. The number of guanidine groups is 1. The molecule has 1 aliphatic rings. The van der Waals surface area contributed by atoms with Crippen molar-refractivity contribution < 1.29 is 0 Å². The molecule has 0 amide bonds. The Kier molecular flexibility index (Phi) is 7.42. The fraction of sp³-hybridized carbons (Fsp3) is 0.571. The molecule has 2 heterocycles. The van der Waals surface area contributed by atoms with Crippen molar-refractivity contribution in [2.24, 2.45) is 4.99 Å². The Morgan fingerprint density at radius 3 is 2.82 bits per heavy atom. The molecule has 0 radical (unpaired) electrons. The van der Waals surface area contributed by atoms with E-state index in [-0.39, 0.29) is 0 Å². The smallest absolute Gasteiger partial charge is 0.191 e. The van der Waals surface area contributed by atoms with Crippen molar-refractivity contribution in [1.82, 2.24) is 30.3 Å². The van der Waals surface area contributed by atoms with E-state index in [1.165, 1.54) is 11.1 Å². The third-order valence-corrected chi connectivity index (χ3v) is 5.30. The van der Waals surface area contributed by atoms with Crippen molar-refractivity contribution in [1.29, 1.82) is 0 Å². The van der Waals surface area contributed by atoms with Gasteiger partial charge in [0, 0.05) is 45.2 Å². The van der Waals surface area contributed by atoms with Gasteiger partial charge in [0.2, 0.25) is 0 Å². The largest absolute Gasteiger partial charge is 0.357 e. The summed E-state index contributed by atoms with van der Waals surface area (Å²) >= 11 is 0. The third-order valence-electron chi connectivity index (χ3n) is 5.30. The van der Waals surface area contributed by atoms with Crippen LogP contribution in [-0.4, -0.2) is 57.8 Å². The summed E-state index contributed by atoms with van der Waals surface area (Å²) in [5.74, 6) is 1.89. The maximum Gasteiger partial charge on any atom is 0.191 e. The number of hydrogen-bond acceptors (Lipinski definition) is 4. The summed E-state index contributed by atoms with van der Waals surface area (Å²) in [5.41, 5.74) is 2.94. The number of nitrogens with zero attached hydrogens (tertiary/aromatic N) is 5. The predicted molar refractivity (Wildman–Crippen MR) is 113 cm³/mol. The first-order valence-corrected chi connectivity index (χ1v) is 10.4. The Hall–Kier alpha value is -2.41. The predicted octanol–water partition coefficient (Wildman–Crippen LogP) is 1.84. The van der Waals surface area contributed by atoms with Crippen LogP contribution in [0.5, 0.6) is 0 Å². The zero-order valence-electron chi connectivity index (χ0n) is 17.4. The summed E-state index contributed by atoms with van der Waals surface area (Å²) in [6, 6.07) is 9.19. The summed E-state index contributed by atoms with van der Waals surface area (Å²) in [5, 5.41) is 14.9. The molecule has 1 aromatic carbocycles. The van der Waals surface area contributed by atoms with Gasteiger partial charge in [0.15, 0.2) is 5.96 Å². The average molecular weight is 384 g/mol. The minimum atomic E-state index is 0.411. The van der Waals surface area contributed by atoms with Gasteiger partial charge < -0.3 is 15.2 Å². The first kappa shape index (κ1) is 20.3. The van der Waals surface area contributed by atoms with E-state index in [1.807, 2.05) is 0 Å². The molecular formula is C21H33N7. The van der Waals surface area contributed by atoms with Crippen LogP contribution in [0.1, 0.15) is 37.7 Å². The summed E-state index contributed by atoms with van der Waals surface area (Å²) in [6.45, 7) is 11.8. The Morgan fingerprint density at radius 1 is 1.21 bits per heavy atom. The highest BCUT2D eigenvalue weighted by Crippen LogP contribution is 2.20. The van der Waals surface area contributed by atoms with Crippen molar-refractivity contribution in [3.8, 4) is 0 Å². The first-order valence-electron chi connectivity index (χ1n) is 10.4. The van der Waals surface area contributed by atoms with E-state index in [0.717, 1.165) is 63.9 Å². The van der Waals surface area contributed by atoms with E-state index in [1.54, 1.807) is 6.33 Å². The zero-order valence-corrected chi connectivity index (χ0v) is 17.4. The molecule has 0 saturated heterocycles. The maximum atomic E-state index is 4.82. The van der Waals surface area contributed by atoms with Crippen LogP contribution in [0.3, 0.4) is 0 Å². The number of aliphatic imine (C=N–C) groups is 1. The van der Waals surface area contributed by atoms with Crippen molar-refractivity contribution in [2.75, 3.05) is 26.2 Å². The minimum absolute atomic E-state index is 0.411. The maximum absolute atomic E-state index is 4.82. The third kappa shape index (κ3) is 5.32. The fourth-order valence-corrected chi connectivity index (χ4v) is 3.61. The van der Waals surface area contributed by atoms with Crippen LogP contribution >= 0.6 is 0 Å². The molecule has 7 nitrogen and oxygen atoms in total. The highest BCUT2D eigenvalue weighted by Gasteiger charge is 2.20. The lowest BCUT2D eigenvalue weighted by atomic mass is 9.99. The van der Waals surface area contributed by atoms with Crippen molar-refractivity contribution >= 4 is 5.96 Å². The van der Waals surface area contributed by atoms with Crippen LogP contribution in [0.15, 0.2) is 35.6 Å². The molecule has 1 aromatic heterocycles. The molecule has 28 heavy (non-hydrogen) atoms. The van der Waals surface area contributed by atoms with Crippen molar-refractivity contribution in [3.63, 3.8) is 0 Å². The molecule has 2 aromatic rings. The molecule has 3 rings (SSSR count). The van der Waals surface area contributed by atoms with Crippen LogP contribution in [0, 0.1) is 0 Å². The number of benzene rings is 1. The molecule has 0 fully saturated rings. The van der Waals surface area contributed by atoms with Crippen molar-refractivity contribution in [3.05, 3.63) is 47.5 Å². The SMILES string of the molecule is CCNC(=NCC(C)N1CCc2ccccc2C1)NCCn1cnnc1CC. The minimum Gasteiger partial charge on any atom is -0.357 e. The fourth-order valence-electron chi connectivity index (χ4n) is 3.61. The molecular weight excluding hydrogens is 350 g/mol. The van der Waals surface area contributed by atoms with Crippen LogP contribution in [0.4, 0.5) is 0 Å². The monoisotopic (exact) mass is 383 g/mol. The van der Waals surface area contributed by atoms with Crippen LogP contribution < -0.4 is 10.6 Å². The van der Waals surface area contributed by atoms with Gasteiger partial charge >= 0.3 is 0 Å². The van der Waals surface area contributed by atoms with Gasteiger partial charge in [-0.25, -0.2) is 0 Å². The number of fused-ring (bicyclic) bond motifs is 1. The Labute approximate surface area is 168 Å². The number of hydrogen-bond donors (Lipinski definition) is 2. The van der Waals surface area contributed by atoms with E-state index in [0.29, 0.717) is 6.04 Å². The second-order valence-corrected chi connectivity index (χ2v) is 7.28. The van der Waals surface area contributed by atoms with Gasteiger partial charge in [-0.15, -0.1) is 10.2 Å². The van der Waals surface area contributed by atoms with Crippen LogP contribution in [0.2, 0.25) is 0 Å². The molecule has 0 aliphatic carbocycles. The van der Waals surface area contributed by atoms with Crippen LogP contribution in [-0.2, 0) is 25.9 Å². The lowest BCUT2D eigenvalue weighted by molar-refractivity contribution is 0.195. The molecule has 0 saturated carbocycles. The summed E-state index contributed by atoms with van der Waals surface area (Å²) in [6.07, 6.45) is 3.81. The standard InChI is InChI=1S/C21H33N7/c1-4-20-26-25-16-28(20)13-11-23-21(22-5-2)24-14-17(3)27-12-10-18-8-6-7-9-19(18)15-27/h6-9,16-17H,4-5,10-15H2,1-3H3,(H2,22,23,24). The molecule has 2 N–H and O–H groups in total. The van der Waals surface area contributed by atoms with Crippen molar-refractivity contribution in [2.45, 2.75) is 52.7 Å². The van der Waals surface area contributed by atoms with E-state index in [2.05, 4.69) is 75.3 Å². The zero-order chi connectivity index (χ0) is 19.8. The second kappa shape index (κ2) is 10.2. The normalized spacial score (nSPS) is 15.9. The van der Waals surface area contributed by atoms with E-state index >= 15 is 0 Å². The first-order chi connectivity index (χ1) is 13.7. The van der Waals surface area contributed by atoms with E-state index < -0.39 is 0 Å². The Bertz CT molecular complexity index is 768. The Balaban J connectivity index is 1.51. The summed E-state index contributed by atoms with van der Waals surface area (Å²) in [4.78, 5) is 7.35. The van der Waals surface area contributed by atoms with Gasteiger partial charge in [-0.05, 0) is 31.4 Å². The van der Waals surface area contributed by atoms with Gasteiger partial charge in [-0.2, -0.15) is 0 Å². The molecule has 1 unspecified atom stereocenters. The molecule has 1 atom stereocenters. The van der Waals surface area contributed by atoms with Gasteiger partial charge in [0.05, 0.1) is 6.54 Å². The molecule has 1 aliphatic heterocycles. The number of nitrogens with one attached hydrogen (secondary N) is 2. The lowest BCUT2D eigenvalue weighted by Gasteiger charge is -2.33. The van der Waals surface area contributed by atoms with Gasteiger partial charge in [-0.3, -0.25) is 9.89 Å². The summed E-state index contributed by atoms with van der Waals surface area (Å²) < 4.78 is 2.09. The molecule has 7 heteroatoms. The number of aromatic nitrogens is 3. The van der Waals surface area contributed by atoms with E-state index in [4.69, 9.17) is 4.99 Å². The topological polar surface area (TPSA) is 70.4 Å². The highest BCUT2D eigenvalue weighted by molar-refractivity contribution is 5.79. The quantitative estimate of drug-likeness (QED) is 0.538. The second-order valence-electron chi connectivity index (χ2n) is 7.28. The number of aryl methyl sites for hydroxylation is 1. The van der Waals surface area contributed by atoms with Crippen LogP contribution in [0.25, 0.3) is 0 Å². The van der Waals surface area contributed by atoms with Gasteiger partial charge in [-0.1, -0.05) is 31.2 Å². The molecule has 0 spiro atoms. The highest BCUT2D eigenvalue weighted by atomic mass is 15.3. The van der Waals surface area contributed by atoms with E-state index in [9.17, 15) is 0 Å². The van der Waals surface area contributed by atoms with Gasteiger partial charge in [0.1, 0.15) is 12.2 Å². The molecule has 152 valence electrons. The van der Waals surface area contributed by atoms with Gasteiger partial charge in [0.25, 0.3) is 0 Å². The lowest BCUT2D eigenvalue weighted by Crippen LogP contribution is -2.42.